The van der Waals surface area contributed by atoms with Crippen LogP contribution in [0.15, 0.2) is 24.3 Å². The predicted octanol–water partition coefficient (Wildman–Crippen LogP) is 5.91. The monoisotopic (exact) mass is 503 g/mol. The van der Waals surface area contributed by atoms with Gasteiger partial charge in [0.05, 0.1) is 0 Å². The Balaban J connectivity index is 3.60. The van der Waals surface area contributed by atoms with Crippen LogP contribution in [0.4, 0.5) is 4.79 Å². The van der Waals surface area contributed by atoms with E-state index in [1.807, 2.05) is 72.7 Å². The lowest BCUT2D eigenvalue weighted by Crippen LogP contribution is -2.60. The minimum atomic E-state index is -0.862. The predicted molar refractivity (Wildman–Crippen MR) is 146 cm³/mol. The Bertz CT molecular complexity index is 872. The van der Waals surface area contributed by atoms with E-state index < -0.39 is 29.3 Å². The van der Waals surface area contributed by atoms with E-state index >= 15 is 0 Å². The van der Waals surface area contributed by atoms with E-state index in [0.717, 1.165) is 24.0 Å². The molecule has 7 nitrogen and oxygen atoms in total. The molecule has 3 amide bonds. The Morgan fingerprint density at radius 3 is 1.94 bits per heavy atom. The van der Waals surface area contributed by atoms with Crippen LogP contribution in [-0.4, -0.2) is 46.0 Å². The lowest BCUT2D eigenvalue weighted by molar-refractivity contribution is -0.150. The fourth-order valence-corrected chi connectivity index (χ4v) is 4.04. The van der Waals surface area contributed by atoms with Crippen LogP contribution in [0.25, 0.3) is 0 Å². The van der Waals surface area contributed by atoms with Crippen molar-refractivity contribution in [3.05, 3.63) is 35.4 Å². The molecule has 0 aliphatic rings. The fourth-order valence-electron chi connectivity index (χ4n) is 4.04. The molecule has 0 aromatic heterocycles. The number of rotatable bonds is 11. The average Bonchev–Trinajstić information content (AvgIpc) is 2.74. The van der Waals surface area contributed by atoms with Gasteiger partial charge in [-0.3, -0.25) is 9.59 Å². The normalized spacial score (nSPS) is 14.6. The number of amides is 3. The maximum absolute atomic E-state index is 14.3. The molecule has 0 saturated carbocycles. The maximum atomic E-state index is 14.3. The molecule has 0 spiro atoms. The van der Waals surface area contributed by atoms with Crippen molar-refractivity contribution in [1.29, 1.82) is 0 Å². The number of aryl methyl sites for hydroxylation is 1. The van der Waals surface area contributed by atoms with Crippen LogP contribution in [0.2, 0.25) is 0 Å². The number of ether oxygens (including phenoxy) is 1. The molecule has 0 heterocycles. The van der Waals surface area contributed by atoms with Gasteiger partial charge in [0, 0.05) is 11.6 Å². The summed E-state index contributed by atoms with van der Waals surface area (Å²) in [4.78, 5) is 42.4. The van der Waals surface area contributed by atoms with E-state index in [1.165, 1.54) is 0 Å². The van der Waals surface area contributed by atoms with E-state index in [9.17, 15) is 14.4 Å². The largest absolute Gasteiger partial charge is 0.444 e. The molecule has 1 aromatic carbocycles. The standard InChI is InChI=1S/C29H49N3O4/c1-12-14-21(6)30-25(33)24(22-17-15-20(5)16-18-22)32(29(10,11)13-2)26(34)23(19(3)4)31-27(35)36-28(7,8)9/h15-19,21,23-24H,12-14H2,1-11H3,(H,30,33)(H,31,35). The first-order valence-corrected chi connectivity index (χ1v) is 13.2. The molecule has 1 aromatic rings. The van der Waals surface area contributed by atoms with Crippen molar-refractivity contribution in [2.45, 2.75) is 125 Å². The van der Waals surface area contributed by atoms with Gasteiger partial charge in [-0.1, -0.05) is 63.9 Å². The Morgan fingerprint density at radius 1 is 0.944 bits per heavy atom. The third-order valence-corrected chi connectivity index (χ3v) is 6.37. The van der Waals surface area contributed by atoms with E-state index in [4.69, 9.17) is 4.74 Å². The van der Waals surface area contributed by atoms with Crippen LogP contribution in [-0.2, 0) is 14.3 Å². The quantitative estimate of drug-likeness (QED) is 0.393. The number of hydrogen-bond donors (Lipinski definition) is 2. The van der Waals surface area contributed by atoms with Gasteiger partial charge in [0.1, 0.15) is 17.7 Å². The fraction of sp³-hybridized carbons (Fsp3) is 0.690. The van der Waals surface area contributed by atoms with E-state index in [1.54, 1.807) is 25.7 Å². The molecule has 0 bridgehead atoms. The van der Waals surface area contributed by atoms with Gasteiger partial charge >= 0.3 is 6.09 Å². The summed E-state index contributed by atoms with van der Waals surface area (Å²) in [7, 11) is 0. The molecule has 0 radical (unpaired) electrons. The average molecular weight is 504 g/mol. The third kappa shape index (κ3) is 9.14. The summed E-state index contributed by atoms with van der Waals surface area (Å²) in [5, 5.41) is 5.90. The van der Waals surface area contributed by atoms with Crippen LogP contribution in [0, 0.1) is 12.8 Å². The first-order chi connectivity index (χ1) is 16.5. The maximum Gasteiger partial charge on any atom is 0.408 e. The van der Waals surface area contributed by atoms with E-state index in [0.29, 0.717) is 6.42 Å². The van der Waals surface area contributed by atoms with Crippen molar-refractivity contribution in [1.82, 2.24) is 15.5 Å². The summed E-state index contributed by atoms with van der Waals surface area (Å²) in [5.41, 5.74) is 0.435. The van der Waals surface area contributed by atoms with Crippen LogP contribution in [0.5, 0.6) is 0 Å². The topological polar surface area (TPSA) is 87.7 Å². The van der Waals surface area contributed by atoms with Gasteiger partial charge in [-0.15, -0.1) is 0 Å². The van der Waals surface area contributed by atoms with Crippen LogP contribution < -0.4 is 10.6 Å². The number of carbonyl (C=O) groups is 3. The first-order valence-electron chi connectivity index (χ1n) is 13.2. The zero-order valence-electron chi connectivity index (χ0n) is 24.3. The Hall–Kier alpha value is -2.57. The highest BCUT2D eigenvalue weighted by Gasteiger charge is 2.44. The molecule has 3 unspecified atom stereocenters. The number of carbonyl (C=O) groups excluding carboxylic acids is 3. The summed E-state index contributed by atoms with van der Waals surface area (Å²) in [5.74, 6) is -0.762. The van der Waals surface area contributed by atoms with Gasteiger partial charge in [-0.2, -0.15) is 0 Å². The molecular weight excluding hydrogens is 454 g/mol. The first kappa shape index (κ1) is 31.5. The zero-order valence-corrected chi connectivity index (χ0v) is 24.3. The van der Waals surface area contributed by atoms with E-state index in [-0.39, 0.29) is 23.8 Å². The SMILES string of the molecule is CCCC(C)NC(=O)C(c1ccc(C)cc1)N(C(=O)C(NC(=O)OC(C)(C)C)C(C)C)C(C)(C)CC. The third-order valence-electron chi connectivity index (χ3n) is 6.37. The number of alkyl carbamates (subject to hydrolysis) is 1. The lowest BCUT2D eigenvalue weighted by Gasteiger charge is -2.45. The van der Waals surface area contributed by atoms with E-state index in [2.05, 4.69) is 17.6 Å². The molecule has 3 atom stereocenters. The lowest BCUT2D eigenvalue weighted by atomic mass is 9.90. The van der Waals surface area contributed by atoms with Crippen molar-refractivity contribution in [2.75, 3.05) is 0 Å². The number of hydrogen-bond acceptors (Lipinski definition) is 4. The van der Waals surface area contributed by atoms with Gasteiger partial charge in [-0.05, 0) is 72.8 Å². The molecular formula is C29H49N3O4. The zero-order chi connectivity index (χ0) is 27.8. The molecule has 0 fully saturated rings. The van der Waals surface area contributed by atoms with Gasteiger partial charge in [0.2, 0.25) is 11.8 Å². The van der Waals surface area contributed by atoms with Crippen molar-refractivity contribution in [2.24, 2.45) is 5.92 Å². The van der Waals surface area contributed by atoms with Crippen LogP contribution >= 0.6 is 0 Å². The summed E-state index contributed by atoms with van der Waals surface area (Å²) < 4.78 is 5.45. The molecule has 0 saturated heterocycles. The van der Waals surface area contributed by atoms with Gasteiger partial charge in [0.25, 0.3) is 0 Å². The molecule has 1 rings (SSSR count). The molecule has 0 aliphatic carbocycles. The summed E-state index contributed by atoms with van der Waals surface area (Å²) in [6.07, 6.45) is 1.74. The van der Waals surface area contributed by atoms with Gasteiger partial charge < -0.3 is 20.3 Å². The summed E-state index contributed by atoms with van der Waals surface area (Å²) in [6.45, 7) is 21.0. The highest BCUT2D eigenvalue weighted by molar-refractivity contribution is 5.93. The molecule has 36 heavy (non-hydrogen) atoms. The van der Waals surface area contributed by atoms with Crippen molar-refractivity contribution in [3.8, 4) is 0 Å². The second-order valence-corrected chi connectivity index (χ2v) is 11.8. The summed E-state index contributed by atoms with van der Waals surface area (Å²) >= 11 is 0. The van der Waals surface area contributed by atoms with Gasteiger partial charge in [-0.25, -0.2) is 4.79 Å². The van der Waals surface area contributed by atoms with Crippen LogP contribution in [0.1, 0.15) is 106 Å². The Morgan fingerprint density at radius 2 is 1.50 bits per heavy atom. The number of nitrogens with zero attached hydrogens (tertiary/aromatic N) is 1. The second kappa shape index (κ2) is 13.1. The number of nitrogens with one attached hydrogen (secondary N) is 2. The smallest absolute Gasteiger partial charge is 0.408 e. The molecule has 2 N–H and O–H groups in total. The summed E-state index contributed by atoms with van der Waals surface area (Å²) in [6, 6.07) is 5.96. The Kier molecular flexibility index (Phi) is 11.5. The van der Waals surface area contributed by atoms with Gasteiger partial charge in [0.15, 0.2) is 0 Å². The minimum Gasteiger partial charge on any atom is -0.444 e. The van der Waals surface area contributed by atoms with Crippen molar-refractivity contribution in [3.63, 3.8) is 0 Å². The highest BCUT2D eigenvalue weighted by Crippen LogP contribution is 2.33. The van der Waals surface area contributed by atoms with Crippen molar-refractivity contribution >= 4 is 17.9 Å². The molecule has 0 aliphatic heterocycles. The highest BCUT2D eigenvalue weighted by atomic mass is 16.6. The molecule has 204 valence electrons. The van der Waals surface area contributed by atoms with Crippen molar-refractivity contribution < 1.29 is 19.1 Å². The number of benzene rings is 1. The second-order valence-electron chi connectivity index (χ2n) is 11.8. The molecule has 7 heteroatoms. The Labute approximate surface area is 218 Å². The minimum absolute atomic E-state index is 0.0297. The van der Waals surface area contributed by atoms with Crippen LogP contribution in [0.3, 0.4) is 0 Å².